The topological polar surface area (TPSA) is 51.2 Å². The van der Waals surface area contributed by atoms with Crippen LogP contribution in [0, 0.1) is 13.8 Å². The van der Waals surface area contributed by atoms with Gasteiger partial charge in [0.05, 0.1) is 29.1 Å². The van der Waals surface area contributed by atoms with Crippen LogP contribution in [-0.2, 0) is 0 Å². The number of benzene rings is 2. The number of aryl methyl sites for hydroxylation is 2. The number of hydrogen-bond acceptors (Lipinski definition) is 3. The van der Waals surface area contributed by atoms with E-state index in [-0.39, 0.29) is 5.91 Å². The summed E-state index contributed by atoms with van der Waals surface area (Å²) in [7, 11) is 0. The molecule has 0 spiro atoms. The van der Waals surface area contributed by atoms with Gasteiger partial charge < -0.3 is 10.1 Å². The number of rotatable bonds is 4. The Morgan fingerprint density at radius 1 is 1.08 bits per heavy atom. The number of fused-ring (bicyclic) bond motifs is 1. The van der Waals surface area contributed by atoms with E-state index in [1.807, 2.05) is 69.3 Å². The Labute approximate surface area is 141 Å². The van der Waals surface area contributed by atoms with Gasteiger partial charge in [0.2, 0.25) is 0 Å². The maximum Gasteiger partial charge on any atom is 0.257 e. The number of nitrogens with one attached hydrogen (secondary N) is 1. The number of aromatic nitrogens is 1. The van der Waals surface area contributed by atoms with E-state index >= 15 is 0 Å². The fourth-order valence-corrected chi connectivity index (χ4v) is 2.90. The molecule has 2 aromatic carbocycles. The number of pyridine rings is 1. The van der Waals surface area contributed by atoms with Crippen molar-refractivity contribution in [2.24, 2.45) is 0 Å². The Kier molecular flexibility index (Phi) is 4.47. The molecule has 1 amide bonds. The molecule has 1 aromatic heterocycles. The Hall–Kier alpha value is -2.88. The molecule has 24 heavy (non-hydrogen) atoms. The van der Waals surface area contributed by atoms with Crippen molar-refractivity contribution in [1.82, 2.24) is 4.98 Å². The summed E-state index contributed by atoms with van der Waals surface area (Å²) in [6, 6.07) is 15.3. The first-order valence-corrected chi connectivity index (χ1v) is 8.01. The van der Waals surface area contributed by atoms with Gasteiger partial charge in [-0.05, 0) is 44.5 Å². The summed E-state index contributed by atoms with van der Waals surface area (Å²) in [6.45, 7) is 6.28. The third-order valence-electron chi connectivity index (χ3n) is 4.00. The minimum absolute atomic E-state index is 0.171. The fraction of sp³-hybridized carbons (Fsp3) is 0.200. The highest BCUT2D eigenvalue weighted by atomic mass is 16.5. The zero-order valence-corrected chi connectivity index (χ0v) is 14.1. The summed E-state index contributed by atoms with van der Waals surface area (Å²) in [5.41, 5.74) is 3.83. The second-order valence-corrected chi connectivity index (χ2v) is 5.60. The van der Waals surface area contributed by atoms with Gasteiger partial charge >= 0.3 is 0 Å². The first-order chi connectivity index (χ1) is 11.6. The first-order valence-electron chi connectivity index (χ1n) is 8.01. The van der Waals surface area contributed by atoms with E-state index in [2.05, 4.69) is 10.3 Å². The van der Waals surface area contributed by atoms with Gasteiger partial charge in [-0.1, -0.05) is 30.3 Å². The lowest BCUT2D eigenvalue weighted by atomic mass is 10.0. The number of carbonyl (C=O) groups excluding carboxylic acids is 1. The average molecular weight is 320 g/mol. The van der Waals surface area contributed by atoms with E-state index in [1.54, 1.807) is 0 Å². The molecule has 4 heteroatoms. The van der Waals surface area contributed by atoms with E-state index in [1.165, 1.54) is 0 Å². The SMILES string of the molecule is CCOc1ccccc1NC(=O)c1c(C)nc2ccccc2c1C. The number of para-hydroxylation sites is 3. The molecule has 0 radical (unpaired) electrons. The Bertz CT molecular complexity index is 903. The number of nitrogens with zero attached hydrogens (tertiary/aromatic N) is 1. The molecule has 0 aliphatic carbocycles. The molecule has 0 bridgehead atoms. The van der Waals surface area contributed by atoms with Crippen molar-refractivity contribution < 1.29 is 9.53 Å². The summed E-state index contributed by atoms with van der Waals surface area (Å²) in [5.74, 6) is 0.493. The Morgan fingerprint density at radius 3 is 2.58 bits per heavy atom. The molecule has 4 nitrogen and oxygen atoms in total. The minimum Gasteiger partial charge on any atom is -0.492 e. The summed E-state index contributed by atoms with van der Waals surface area (Å²) in [4.78, 5) is 17.4. The monoisotopic (exact) mass is 320 g/mol. The van der Waals surface area contributed by atoms with Crippen molar-refractivity contribution in [2.75, 3.05) is 11.9 Å². The van der Waals surface area contributed by atoms with Crippen LogP contribution in [0.5, 0.6) is 5.75 Å². The van der Waals surface area contributed by atoms with Crippen molar-refractivity contribution >= 4 is 22.5 Å². The molecule has 0 aliphatic heterocycles. The molecule has 0 unspecified atom stereocenters. The molecule has 1 heterocycles. The Morgan fingerprint density at radius 2 is 1.79 bits per heavy atom. The molecule has 0 saturated heterocycles. The van der Waals surface area contributed by atoms with Gasteiger partial charge in [-0.2, -0.15) is 0 Å². The van der Waals surface area contributed by atoms with Gasteiger partial charge in [-0.3, -0.25) is 9.78 Å². The van der Waals surface area contributed by atoms with Crippen molar-refractivity contribution in [3.8, 4) is 5.75 Å². The molecule has 0 saturated carbocycles. The maximum atomic E-state index is 12.8. The zero-order valence-electron chi connectivity index (χ0n) is 14.1. The molecule has 3 aromatic rings. The highest BCUT2D eigenvalue weighted by Crippen LogP contribution is 2.27. The van der Waals surface area contributed by atoms with Gasteiger partial charge in [-0.25, -0.2) is 0 Å². The molecular weight excluding hydrogens is 300 g/mol. The molecule has 122 valence electrons. The summed E-state index contributed by atoms with van der Waals surface area (Å²) < 4.78 is 5.57. The van der Waals surface area contributed by atoms with E-state index < -0.39 is 0 Å². The van der Waals surface area contributed by atoms with Crippen LogP contribution in [-0.4, -0.2) is 17.5 Å². The lowest BCUT2D eigenvalue weighted by Gasteiger charge is -2.14. The van der Waals surface area contributed by atoms with Crippen molar-refractivity contribution in [2.45, 2.75) is 20.8 Å². The van der Waals surface area contributed by atoms with Gasteiger partial charge in [0.25, 0.3) is 5.91 Å². The predicted molar refractivity (Wildman–Crippen MR) is 96.8 cm³/mol. The average Bonchev–Trinajstić information content (AvgIpc) is 2.57. The molecule has 0 fully saturated rings. The minimum atomic E-state index is -0.171. The lowest BCUT2D eigenvalue weighted by molar-refractivity contribution is 0.102. The molecule has 3 rings (SSSR count). The normalized spacial score (nSPS) is 10.6. The van der Waals surface area contributed by atoms with Crippen LogP contribution in [0.3, 0.4) is 0 Å². The van der Waals surface area contributed by atoms with Crippen molar-refractivity contribution in [1.29, 1.82) is 0 Å². The van der Waals surface area contributed by atoms with Crippen LogP contribution in [0.1, 0.15) is 28.5 Å². The number of hydrogen-bond donors (Lipinski definition) is 1. The lowest BCUT2D eigenvalue weighted by Crippen LogP contribution is -2.17. The highest BCUT2D eigenvalue weighted by Gasteiger charge is 2.17. The van der Waals surface area contributed by atoms with E-state index in [9.17, 15) is 4.79 Å². The Balaban J connectivity index is 2.01. The summed E-state index contributed by atoms with van der Waals surface area (Å²) in [5, 5.41) is 3.95. The van der Waals surface area contributed by atoms with Gasteiger partial charge in [0.1, 0.15) is 5.75 Å². The third-order valence-corrected chi connectivity index (χ3v) is 4.00. The molecular formula is C20H20N2O2. The van der Waals surface area contributed by atoms with E-state index in [0.717, 1.165) is 22.2 Å². The quantitative estimate of drug-likeness (QED) is 0.770. The van der Waals surface area contributed by atoms with Crippen LogP contribution < -0.4 is 10.1 Å². The second-order valence-electron chi connectivity index (χ2n) is 5.60. The molecule has 0 aliphatic rings. The van der Waals surface area contributed by atoms with Crippen molar-refractivity contribution in [3.05, 3.63) is 65.4 Å². The molecule has 1 N–H and O–H groups in total. The maximum absolute atomic E-state index is 12.8. The zero-order chi connectivity index (χ0) is 17.1. The van der Waals surface area contributed by atoms with Gasteiger partial charge in [0, 0.05) is 5.39 Å². The van der Waals surface area contributed by atoms with E-state index in [4.69, 9.17) is 4.74 Å². The van der Waals surface area contributed by atoms with Crippen LogP contribution in [0.15, 0.2) is 48.5 Å². The van der Waals surface area contributed by atoms with Crippen molar-refractivity contribution in [3.63, 3.8) is 0 Å². The fourth-order valence-electron chi connectivity index (χ4n) is 2.90. The van der Waals surface area contributed by atoms with Crippen LogP contribution in [0.2, 0.25) is 0 Å². The largest absolute Gasteiger partial charge is 0.492 e. The predicted octanol–water partition coefficient (Wildman–Crippen LogP) is 4.50. The van der Waals surface area contributed by atoms with Crippen LogP contribution in [0.25, 0.3) is 10.9 Å². The second kappa shape index (κ2) is 6.71. The standard InChI is InChI=1S/C20H20N2O2/c1-4-24-18-12-8-7-11-17(18)22-20(23)19-13(2)15-9-5-6-10-16(15)21-14(19)3/h5-12H,4H2,1-3H3,(H,22,23). The highest BCUT2D eigenvalue weighted by molar-refractivity contribution is 6.09. The number of amides is 1. The summed E-state index contributed by atoms with van der Waals surface area (Å²) in [6.07, 6.45) is 0. The van der Waals surface area contributed by atoms with Crippen LogP contribution in [0.4, 0.5) is 5.69 Å². The van der Waals surface area contributed by atoms with Gasteiger partial charge in [0.15, 0.2) is 0 Å². The summed E-state index contributed by atoms with van der Waals surface area (Å²) >= 11 is 0. The first kappa shape index (κ1) is 16.0. The van der Waals surface area contributed by atoms with Crippen LogP contribution >= 0.6 is 0 Å². The third kappa shape index (κ3) is 2.95. The smallest absolute Gasteiger partial charge is 0.257 e. The molecule has 0 atom stereocenters. The number of ether oxygens (including phenoxy) is 1. The van der Waals surface area contributed by atoms with Gasteiger partial charge in [-0.15, -0.1) is 0 Å². The number of anilines is 1. The van der Waals surface area contributed by atoms with E-state index in [0.29, 0.717) is 23.6 Å². The number of carbonyl (C=O) groups is 1.